The third-order valence-electron chi connectivity index (χ3n) is 3.82. The van der Waals surface area contributed by atoms with Crippen LogP contribution in [0.1, 0.15) is 49.5 Å². The van der Waals surface area contributed by atoms with Gasteiger partial charge in [-0.1, -0.05) is 29.8 Å². The maximum absolute atomic E-state index is 12.5. The summed E-state index contributed by atoms with van der Waals surface area (Å²) in [5.41, 5.74) is 0.647. The van der Waals surface area contributed by atoms with E-state index in [1.807, 2.05) is 20.8 Å². The Morgan fingerprint density at radius 2 is 1.86 bits per heavy atom. The van der Waals surface area contributed by atoms with Crippen LogP contribution in [0.2, 0.25) is 0 Å². The zero-order valence-electron chi connectivity index (χ0n) is 12.5. The van der Waals surface area contributed by atoms with Gasteiger partial charge in [0.15, 0.2) is 0 Å². The minimum Gasteiger partial charge on any atom is -0.347 e. The van der Waals surface area contributed by atoms with E-state index in [1.165, 1.54) is 12.1 Å². The van der Waals surface area contributed by atoms with E-state index in [-0.39, 0.29) is 16.3 Å². The topological polar surface area (TPSA) is 63.2 Å². The molecule has 4 nitrogen and oxygen atoms in total. The van der Waals surface area contributed by atoms with Gasteiger partial charge in [0.05, 0.1) is 4.90 Å². The summed E-state index contributed by atoms with van der Waals surface area (Å²) in [7, 11) is 1.48. The van der Waals surface area contributed by atoms with Crippen LogP contribution >= 0.6 is 26.6 Å². The highest BCUT2D eigenvalue weighted by molar-refractivity contribution is 9.10. The summed E-state index contributed by atoms with van der Waals surface area (Å²) in [6.45, 7) is 7.69. The highest BCUT2D eigenvalue weighted by Gasteiger charge is 2.25. The molecule has 1 N–H and O–H groups in total. The summed E-state index contributed by atoms with van der Waals surface area (Å²) < 4.78 is 23.5. The number of hydrogen-bond donors (Lipinski definition) is 1. The fraction of sp³-hybridized carbons (Fsp3) is 0.500. The molecule has 0 aromatic heterocycles. The van der Waals surface area contributed by atoms with Gasteiger partial charge in [-0.15, -0.1) is 0 Å². The summed E-state index contributed by atoms with van der Waals surface area (Å²) >= 11 is 3.27. The van der Waals surface area contributed by atoms with Crippen molar-refractivity contribution in [3.8, 4) is 0 Å². The number of carbonyl (C=O) groups excluding carboxylic acids is 1. The van der Waals surface area contributed by atoms with Crippen molar-refractivity contribution in [1.82, 2.24) is 5.32 Å². The number of halogens is 2. The number of amides is 1. The highest BCUT2D eigenvalue weighted by Crippen LogP contribution is 2.27. The predicted octanol–water partition coefficient (Wildman–Crippen LogP) is 3.99. The standard InChI is InChI=1S/C14H19BrClNO3S/c1-5-14(4,6-2)17-13(18)11-7-10(21(16,19)20)8-12(15)9(11)3/h7-8H,5-6H2,1-4H3,(H,17,18). The van der Waals surface area contributed by atoms with Crippen LogP contribution in [0.25, 0.3) is 0 Å². The second-order valence-corrected chi connectivity index (χ2v) is 8.66. The molecule has 1 aromatic rings. The van der Waals surface area contributed by atoms with Gasteiger partial charge in [-0.2, -0.15) is 0 Å². The number of rotatable bonds is 5. The van der Waals surface area contributed by atoms with E-state index in [2.05, 4.69) is 21.2 Å². The third kappa shape index (κ3) is 4.44. The summed E-state index contributed by atoms with van der Waals surface area (Å²) in [6, 6.07) is 2.71. The predicted molar refractivity (Wildman–Crippen MR) is 88.4 cm³/mol. The zero-order chi connectivity index (χ0) is 16.4. The first kappa shape index (κ1) is 18.5. The van der Waals surface area contributed by atoms with Crippen molar-refractivity contribution in [2.45, 2.75) is 51.0 Å². The summed E-state index contributed by atoms with van der Waals surface area (Å²) in [5.74, 6) is -0.304. The van der Waals surface area contributed by atoms with Crippen molar-refractivity contribution in [1.29, 1.82) is 0 Å². The minimum atomic E-state index is -3.89. The SMILES string of the molecule is CCC(C)(CC)NC(=O)c1cc(S(=O)(=O)Cl)cc(Br)c1C. The van der Waals surface area contributed by atoms with Crippen LogP contribution in [0.5, 0.6) is 0 Å². The molecule has 0 aliphatic rings. The lowest BCUT2D eigenvalue weighted by atomic mass is 9.94. The van der Waals surface area contributed by atoms with E-state index in [0.29, 0.717) is 15.6 Å². The molecule has 21 heavy (non-hydrogen) atoms. The van der Waals surface area contributed by atoms with Gasteiger partial charge in [-0.25, -0.2) is 8.42 Å². The summed E-state index contributed by atoms with van der Waals surface area (Å²) in [5, 5.41) is 2.96. The van der Waals surface area contributed by atoms with Gasteiger partial charge >= 0.3 is 0 Å². The minimum absolute atomic E-state index is 0.0958. The van der Waals surface area contributed by atoms with E-state index in [9.17, 15) is 13.2 Å². The summed E-state index contributed by atoms with van der Waals surface area (Å²) in [6.07, 6.45) is 1.56. The first-order valence-electron chi connectivity index (χ1n) is 6.61. The van der Waals surface area contributed by atoms with E-state index < -0.39 is 9.05 Å². The third-order valence-corrected chi connectivity index (χ3v) is 5.98. The molecule has 0 spiro atoms. The maximum Gasteiger partial charge on any atom is 0.261 e. The average Bonchev–Trinajstić information content (AvgIpc) is 2.40. The molecule has 0 atom stereocenters. The lowest BCUT2D eigenvalue weighted by Crippen LogP contribution is -2.45. The lowest BCUT2D eigenvalue weighted by molar-refractivity contribution is 0.0900. The van der Waals surface area contributed by atoms with E-state index >= 15 is 0 Å². The van der Waals surface area contributed by atoms with Crippen molar-refractivity contribution in [3.05, 3.63) is 27.7 Å². The van der Waals surface area contributed by atoms with Crippen molar-refractivity contribution < 1.29 is 13.2 Å². The Bertz CT molecular complexity index is 654. The van der Waals surface area contributed by atoms with Gasteiger partial charge in [-0.05, 0) is 44.4 Å². The molecule has 0 heterocycles. The van der Waals surface area contributed by atoms with E-state index in [4.69, 9.17) is 10.7 Å². The lowest BCUT2D eigenvalue weighted by Gasteiger charge is -2.28. The molecule has 118 valence electrons. The number of nitrogens with one attached hydrogen (secondary N) is 1. The molecule has 1 amide bonds. The first-order valence-corrected chi connectivity index (χ1v) is 9.71. The van der Waals surface area contributed by atoms with Crippen LogP contribution in [0.4, 0.5) is 0 Å². The number of benzene rings is 1. The molecule has 0 bridgehead atoms. The van der Waals surface area contributed by atoms with Gasteiger partial charge < -0.3 is 5.32 Å². The van der Waals surface area contributed by atoms with Crippen molar-refractivity contribution in [2.24, 2.45) is 0 Å². The van der Waals surface area contributed by atoms with Crippen LogP contribution in [-0.2, 0) is 9.05 Å². The monoisotopic (exact) mass is 395 g/mol. The van der Waals surface area contributed by atoms with Crippen LogP contribution in [0.3, 0.4) is 0 Å². The fourth-order valence-corrected chi connectivity index (χ4v) is 3.20. The Balaban J connectivity index is 3.30. The Hall–Kier alpha value is -0.590. The molecular weight excluding hydrogens is 378 g/mol. The fourth-order valence-electron chi connectivity index (χ4n) is 1.80. The highest BCUT2D eigenvalue weighted by atomic mass is 79.9. The smallest absolute Gasteiger partial charge is 0.261 e. The first-order chi connectivity index (χ1) is 9.54. The molecule has 0 radical (unpaired) electrons. The molecule has 0 fully saturated rings. The van der Waals surface area contributed by atoms with Gasteiger partial charge in [0, 0.05) is 26.3 Å². The Kier molecular flexibility index (Phi) is 5.86. The molecule has 7 heteroatoms. The number of carbonyl (C=O) groups is 1. The van der Waals surface area contributed by atoms with E-state index in [1.54, 1.807) is 6.92 Å². The van der Waals surface area contributed by atoms with Gasteiger partial charge in [0.25, 0.3) is 15.0 Å². The van der Waals surface area contributed by atoms with Crippen LogP contribution in [0, 0.1) is 6.92 Å². The zero-order valence-corrected chi connectivity index (χ0v) is 15.6. The quantitative estimate of drug-likeness (QED) is 0.765. The molecule has 0 saturated carbocycles. The summed E-state index contributed by atoms with van der Waals surface area (Å²) in [4.78, 5) is 12.4. The second-order valence-electron chi connectivity index (χ2n) is 5.24. The Morgan fingerprint density at radius 3 is 2.29 bits per heavy atom. The Morgan fingerprint density at radius 1 is 1.33 bits per heavy atom. The van der Waals surface area contributed by atoms with E-state index in [0.717, 1.165) is 12.8 Å². The average molecular weight is 397 g/mol. The molecular formula is C14H19BrClNO3S. The van der Waals surface area contributed by atoms with Gasteiger partial charge in [0.2, 0.25) is 0 Å². The molecule has 1 aromatic carbocycles. The van der Waals surface area contributed by atoms with Crippen LogP contribution < -0.4 is 5.32 Å². The molecule has 0 aliphatic heterocycles. The molecule has 0 aliphatic carbocycles. The molecule has 0 saturated heterocycles. The van der Waals surface area contributed by atoms with Gasteiger partial charge in [0.1, 0.15) is 0 Å². The van der Waals surface area contributed by atoms with Crippen molar-refractivity contribution >= 4 is 41.6 Å². The second kappa shape index (κ2) is 6.67. The van der Waals surface area contributed by atoms with Crippen molar-refractivity contribution in [3.63, 3.8) is 0 Å². The number of hydrogen-bond acceptors (Lipinski definition) is 3. The van der Waals surface area contributed by atoms with Crippen molar-refractivity contribution in [2.75, 3.05) is 0 Å². The molecule has 1 rings (SSSR count). The normalized spacial score (nSPS) is 12.3. The van der Waals surface area contributed by atoms with Crippen LogP contribution in [0.15, 0.2) is 21.5 Å². The maximum atomic E-state index is 12.5. The largest absolute Gasteiger partial charge is 0.347 e. The van der Waals surface area contributed by atoms with Gasteiger partial charge in [-0.3, -0.25) is 4.79 Å². The molecule has 0 unspecified atom stereocenters. The Labute approximate surface area is 138 Å². The van der Waals surface area contributed by atoms with Crippen LogP contribution in [-0.4, -0.2) is 19.9 Å².